The molecule has 2 N–H and O–H groups in total. The van der Waals surface area contributed by atoms with Gasteiger partial charge in [-0.2, -0.15) is 8.78 Å². The molecule has 0 bridgehead atoms. The molecule has 0 unspecified atom stereocenters. The van der Waals surface area contributed by atoms with Crippen molar-refractivity contribution in [2.24, 2.45) is 0 Å². The molecule has 0 atom stereocenters. The molecule has 0 fully saturated rings. The lowest BCUT2D eigenvalue weighted by Gasteiger charge is -2.16. The number of halogens is 2. The molecule has 5 heteroatoms. The highest BCUT2D eigenvalue weighted by Gasteiger charge is 2.35. The predicted molar refractivity (Wildman–Crippen MR) is 29.1 cm³/mol. The number of alkyl halides is 2. The summed E-state index contributed by atoms with van der Waals surface area (Å²) < 4.78 is 23.4. The second kappa shape index (κ2) is 1.79. The van der Waals surface area contributed by atoms with Gasteiger partial charge in [0.15, 0.2) is 7.34 Å². The van der Waals surface area contributed by atoms with Gasteiger partial charge < -0.3 is 9.79 Å². The normalized spacial score (nSPS) is 14.1. The Morgan fingerprint density at radius 3 is 1.62 bits per heavy atom. The fraction of sp³-hybridized carbons (Fsp3) is 0.667. The maximum atomic E-state index is 11.7. The lowest BCUT2D eigenvalue weighted by molar-refractivity contribution is 0.0944. The van der Waals surface area contributed by atoms with Crippen molar-refractivity contribution in [3.8, 4) is 0 Å². The van der Waals surface area contributed by atoms with Gasteiger partial charge in [-0.15, -0.1) is 0 Å². The Morgan fingerprint density at radius 1 is 1.50 bits per heavy atom. The van der Waals surface area contributed by atoms with Crippen molar-refractivity contribution < 1.29 is 18.6 Å². The Bertz CT molecular complexity index is 122. The zero-order valence-corrected chi connectivity index (χ0v) is 5.20. The summed E-state index contributed by atoms with van der Waals surface area (Å²) in [4.78, 5) is 16.3. The first kappa shape index (κ1) is 8.08. The lowest BCUT2D eigenvalue weighted by Crippen LogP contribution is -2.09. The molecule has 0 radical (unpaired) electrons. The number of rotatable bonds is 1. The summed E-state index contributed by atoms with van der Waals surface area (Å²) in [7, 11) is -4.18. The number of hydrogen-bond acceptors (Lipinski definition) is 2. The van der Waals surface area contributed by atoms with Crippen LogP contribution in [0.15, 0.2) is 0 Å². The van der Waals surface area contributed by atoms with Gasteiger partial charge in [-0.1, -0.05) is 0 Å². The van der Waals surface area contributed by atoms with E-state index in [1.54, 1.807) is 0 Å². The fourth-order valence-corrected chi connectivity index (χ4v) is 0. The molecular weight excluding hydrogens is 137 g/mol. The first-order chi connectivity index (χ1) is 3.25. The van der Waals surface area contributed by atoms with Crippen LogP contribution in [0, 0.1) is 0 Å². The van der Waals surface area contributed by atoms with E-state index >= 15 is 0 Å². The van der Waals surface area contributed by atoms with Crippen molar-refractivity contribution in [1.82, 2.24) is 0 Å². The van der Waals surface area contributed by atoms with Crippen molar-refractivity contribution in [3.63, 3.8) is 0 Å². The van der Waals surface area contributed by atoms with E-state index in [1.807, 2.05) is 0 Å². The second-order valence-electron chi connectivity index (χ2n) is 1.57. The van der Waals surface area contributed by atoms with Crippen LogP contribution in [0.3, 0.4) is 0 Å². The van der Waals surface area contributed by atoms with Gasteiger partial charge in [-0.25, -0.2) is 0 Å². The molecule has 0 aromatic heterocycles. The summed E-state index contributed by atoms with van der Waals surface area (Å²) in [5.41, 5.74) is -3.45. The van der Waals surface area contributed by atoms with Crippen LogP contribution in [0.4, 0.5) is 8.78 Å². The first-order valence-corrected chi connectivity index (χ1v) is 3.70. The molecule has 0 aliphatic rings. The van der Waals surface area contributed by atoms with E-state index in [4.69, 9.17) is 9.79 Å². The molecular formula is C3H7F2O2P. The van der Waals surface area contributed by atoms with Crippen LogP contribution in [0.1, 0.15) is 6.92 Å². The van der Waals surface area contributed by atoms with Crippen LogP contribution in [0.2, 0.25) is 0 Å². The Kier molecular flexibility index (Phi) is 1.81. The summed E-state index contributed by atoms with van der Waals surface area (Å²) in [6, 6.07) is 0. The first-order valence-electron chi connectivity index (χ1n) is 1.82. The molecule has 0 saturated heterocycles. The average molecular weight is 144 g/mol. The minimum absolute atomic E-state index is 0.424. The third-order valence-corrected chi connectivity index (χ3v) is 1.89. The van der Waals surface area contributed by atoms with E-state index in [-0.39, 0.29) is 0 Å². The van der Waals surface area contributed by atoms with Crippen LogP contribution in [-0.2, 0) is 0 Å². The van der Waals surface area contributed by atoms with Crippen molar-refractivity contribution in [1.29, 1.82) is 0 Å². The topological polar surface area (TPSA) is 40.5 Å². The second-order valence-corrected chi connectivity index (χ2v) is 3.82. The highest BCUT2D eigenvalue weighted by atomic mass is 31.2. The van der Waals surface area contributed by atoms with Gasteiger partial charge in [0.1, 0.15) is 0 Å². The SMILES string of the molecule is C=P(O)(O)C(C)(F)F. The van der Waals surface area contributed by atoms with Gasteiger partial charge in [-0.3, -0.25) is 0 Å². The predicted octanol–water partition coefficient (Wildman–Crippen LogP) is 0.863. The van der Waals surface area contributed by atoms with E-state index in [0.29, 0.717) is 6.92 Å². The zero-order valence-electron chi connectivity index (χ0n) is 4.30. The molecule has 0 aromatic carbocycles. The number of hydrogen-bond donors (Lipinski definition) is 2. The Hall–Kier alpha value is 0.0800. The summed E-state index contributed by atoms with van der Waals surface area (Å²) in [5.74, 6) is 0. The Labute approximate surface area is 45.9 Å². The van der Waals surface area contributed by atoms with Crippen molar-refractivity contribution in [3.05, 3.63) is 0 Å². The van der Waals surface area contributed by atoms with Crippen LogP contribution in [-0.4, -0.2) is 21.7 Å². The van der Waals surface area contributed by atoms with E-state index in [2.05, 4.69) is 6.30 Å². The van der Waals surface area contributed by atoms with Gasteiger partial charge in [0, 0.05) is 6.92 Å². The molecule has 0 rings (SSSR count). The van der Waals surface area contributed by atoms with E-state index < -0.39 is 13.0 Å². The van der Waals surface area contributed by atoms with Crippen molar-refractivity contribution >= 4 is 13.6 Å². The van der Waals surface area contributed by atoms with Gasteiger partial charge in [0.25, 0.3) is 0 Å². The minimum Gasteiger partial charge on any atom is -0.349 e. The van der Waals surface area contributed by atoms with Crippen LogP contribution in [0.25, 0.3) is 0 Å². The highest BCUT2D eigenvalue weighted by Crippen LogP contribution is 2.51. The van der Waals surface area contributed by atoms with Crippen LogP contribution >= 0.6 is 7.34 Å². The van der Waals surface area contributed by atoms with Crippen LogP contribution in [0.5, 0.6) is 0 Å². The largest absolute Gasteiger partial charge is 0.349 e. The summed E-state index contributed by atoms with van der Waals surface area (Å²) >= 11 is 0. The highest BCUT2D eigenvalue weighted by molar-refractivity contribution is 7.63. The smallest absolute Gasteiger partial charge is 0.306 e. The lowest BCUT2D eigenvalue weighted by atomic mass is 10.9. The summed E-state index contributed by atoms with van der Waals surface area (Å²) in [5, 5.41) is 0. The van der Waals surface area contributed by atoms with Gasteiger partial charge in [-0.05, 0) is 6.30 Å². The van der Waals surface area contributed by atoms with E-state index in [9.17, 15) is 8.78 Å². The summed E-state index contributed by atoms with van der Waals surface area (Å²) in [6.45, 7) is 0.424. The quantitative estimate of drug-likeness (QED) is 0.536. The molecule has 0 aliphatic carbocycles. The molecule has 0 amide bonds. The molecule has 0 saturated carbocycles. The van der Waals surface area contributed by atoms with Gasteiger partial charge in [0.05, 0.1) is 0 Å². The maximum Gasteiger partial charge on any atom is 0.306 e. The van der Waals surface area contributed by atoms with Crippen molar-refractivity contribution in [2.75, 3.05) is 0 Å². The standard InChI is InChI=1S/C3H7F2O2P/c1-3(4,5)8(2,6)7/h6-7H,2H2,1H3. The average Bonchev–Trinajstić information content (AvgIpc) is 1.25. The molecule has 0 spiro atoms. The van der Waals surface area contributed by atoms with Gasteiger partial charge in [0.2, 0.25) is 0 Å². The molecule has 8 heavy (non-hydrogen) atoms. The Morgan fingerprint density at radius 2 is 1.62 bits per heavy atom. The summed E-state index contributed by atoms with van der Waals surface area (Å²) in [6.07, 6.45) is 2.51. The third kappa shape index (κ3) is 1.90. The monoisotopic (exact) mass is 144 g/mol. The maximum absolute atomic E-state index is 11.7. The van der Waals surface area contributed by atoms with E-state index in [1.165, 1.54) is 0 Å². The molecule has 50 valence electrons. The third-order valence-electron chi connectivity index (χ3n) is 0.629. The van der Waals surface area contributed by atoms with Crippen molar-refractivity contribution in [2.45, 2.75) is 12.6 Å². The van der Waals surface area contributed by atoms with Crippen LogP contribution < -0.4 is 0 Å². The molecule has 2 nitrogen and oxygen atoms in total. The minimum atomic E-state index is -4.18. The molecule has 0 aromatic rings. The fourth-order valence-electron chi connectivity index (χ4n) is 0. The Balaban J connectivity index is 4.26. The molecule has 0 heterocycles. The zero-order chi connectivity index (χ0) is 7.00. The van der Waals surface area contributed by atoms with E-state index in [0.717, 1.165) is 0 Å². The van der Waals surface area contributed by atoms with Gasteiger partial charge >= 0.3 is 5.66 Å². The molecule has 0 aliphatic heterocycles.